The van der Waals surface area contributed by atoms with Gasteiger partial charge in [-0.05, 0) is 55.8 Å². The van der Waals surface area contributed by atoms with Crippen molar-refractivity contribution in [3.05, 3.63) is 64.1 Å². The number of likely N-dealkylation sites (N-methyl/N-ethyl adjacent to an activating group) is 1. The van der Waals surface area contributed by atoms with E-state index >= 15 is 0 Å². The number of pyridine rings is 1. The van der Waals surface area contributed by atoms with Gasteiger partial charge in [-0.3, -0.25) is 4.98 Å². The molecule has 4 heteroatoms. The summed E-state index contributed by atoms with van der Waals surface area (Å²) in [4.78, 5) is 7.03. The van der Waals surface area contributed by atoms with Crippen molar-refractivity contribution in [2.45, 2.75) is 44.7 Å². The van der Waals surface area contributed by atoms with Crippen LogP contribution in [0.25, 0.3) is 10.9 Å². The number of nitrogens with zero attached hydrogens (tertiary/aromatic N) is 3. The summed E-state index contributed by atoms with van der Waals surface area (Å²) in [5.41, 5.74) is 6.86. The third kappa shape index (κ3) is 2.34. The van der Waals surface area contributed by atoms with Gasteiger partial charge in [0.05, 0.1) is 0 Å². The van der Waals surface area contributed by atoms with E-state index in [0.717, 1.165) is 30.4 Å². The third-order valence-electron chi connectivity index (χ3n) is 6.33. The number of halogens is 1. The summed E-state index contributed by atoms with van der Waals surface area (Å²) in [5, 5.41) is 2.15. The van der Waals surface area contributed by atoms with Crippen LogP contribution in [0.1, 0.15) is 41.8 Å². The third-order valence-corrected chi connectivity index (χ3v) is 6.57. The zero-order valence-electron chi connectivity index (χ0n) is 15.6. The average Bonchev–Trinajstić information content (AvgIpc) is 2.89. The highest BCUT2D eigenvalue weighted by molar-refractivity contribution is 6.31. The summed E-state index contributed by atoms with van der Waals surface area (Å²) in [7, 11) is 2.23. The lowest BCUT2D eigenvalue weighted by Crippen LogP contribution is -2.42. The summed E-state index contributed by atoms with van der Waals surface area (Å²) >= 11 is 6.34. The fourth-order valence-corrected chi connectivity index (χ4v) is 5.34. The second kappa shape index (κ2) is 5.58. The highest BCUT2D eigenvalue weighted by atomic mass is 35.5. The van der Waals surface area contributed by atoms with E-state index in [4.69, 9.17) is 11.6 Å². The number of aryl methyl sites for hydroxylation is 1. The van der Waals surface area contributed by atoms with Crippen molar-refractivity contribution >= 4 is 22.5 Å². The largest absolute Gasteiger partial charge is 0.343 e. The Hall–Kier alpha value is -1.84. The quantitative estimate of drug-likeness (QED) is 0.612. The van der Waals surface area contributed by atoms with Crippen LogP contribution in [0.4, 0.5) is 0 Å². The molecule has 2 atom stereocenters. The molecule has 0 aliphatic carbocycles. The number of aromatic nitrogens is 2. The van der Waals surface area contributed by atoms with Gasteiger partial charge in [0.2, 0.25) is 0 Å². The molecule has 134 valence electrons. The highest BCUT2D eigenvalue weighted by Crippen LogP contribution is 2.48. The van der Waals surface area contributed by atoms with Crippen LogP contribution >= 0.6 is 11.6 Å². The average molecular weight is 366 g/mol. The fraction of sp³-hybridized carbons (Fsp3) is 0.409. The Balaban J connectivity index is 1.72. The maximum Gasteiger partial charge on any atom is 0.0487 e. The van der Waals surface area contributed by atoms with Crippen LogP contribution in [-0.2, 0) is 18.5 Å². The monoisotopic (exact) mass is 365 g/mol. The summed E-state index contributed by atoms with van der Waals surface area (Å²) in [5.74, 6) is 0.551. The molecule has 5 rings (SSSR count). The van der Waals surface area contributed by atoms with E-state index in [1.165, 1.54) is 34.1 Å². The lowest BCUT2D eigenvalue weighted by atomic mass is 9.71. The highest BCUT2D eigenvalue weighted by Gasteiger charge is 2.42. The Kier molecular flexibility index (Phi) is 3.51. The van der Waals surface area contributed by atoms with Crippen LogP contribution in [0.5, 0.6) is 0 Å². The van der Waals surface area contributed by atoms with Crippen molar-refractivity contribution in [3.8, 4) is 0 Å². The first-order chi connectivity index (χ1) is 12.4. The Morgan fingerprint density at radius 2 is 2.08 bits per heavy atom. The van der Waals surface area contributed by atoms with Crippen molar-refractivity contribution in [1.29, 1.82) is 0 Å². The summed E-state index contributed by atoms with van der Waals surface area (Å²) in [6.07, 6.45) is 3.25. The molecule has 0 radical (unpaired) electrons. The first kappa shape index (κ1) is 16.3. The van der Waals surface area contributed by atoms with Gasteiger partial charge >= 0.3 is 0 Å². The Morgan fingerprint density at radius 3 is 2.85 bits per heavy atom. The van der Waals surface area contributed by atoms with E-state index in [9.17, 15) is 0 Å². The summed E-state index contributed by atoms with van der Waals surface area (Å²) < 4.78 is 2.57. The van der Waals surface area contributed by atoms with Crippen LogP contribution in [0.3, 0.4) is 0 Å². The molecule has 3 aromatic rings. The zero-order chi connectivity index (χ0) is 18.1. The van der Waals surface area contributed by atoms with E-state index in [-0.39, 0.29) is 5.41 Å². The maximum absolute atomic E-state index is 6.34. The minimum atomic E-state index is 0.0966. The summed E-state index contributed by atoms with van der Waals surface area (Å²) in [6, 6.07) is 10.8. The first-order valence-corrected chi connectivity index (χ1v) is 9.75. The van der Waals surface area contributed by atoms with Crippen molar-refractivity contribution in [1.82, 2.24) is 14.5 Å². The maximum atomic E-state index is 6.34. The second-order valence-corrected chi connectivity index (χ2v) is 8.89. The normalized spacial score (nSPS) is 25.5. The molecule has 0 bridgehead atoms. The molecule has 0 saturated carbocycles. The molecule has 0 N–H and O–H groups in total. The standard InChI is InChI=1S/C22H24ClN3/c1-14-4-5-16(10-24-14)22(2)9-15-11-25(3)12-19-18-8-17(23)6-7-20(18)26(13-22)21(15)19/h4-8,10,15H,9,11-13H2,1-3H3. The Bertz CT molecular complexity index is 1000. The molecule has 3 nitrogen and oxygen atoms in total. The number of benzene rings is 1. The van der Waals surface area contributed by atoms with Gasteiger partial charge in [0.15, 0.2) is 0 Å². The number of hydrogen-bond acceptors (Lipinski definition) is 2. The van der Waals surface area contributed by atoms with Gasteiger partial charge in [-0.1, -0.05) is 24.6 Å². The van der Waals surface area contributed by atoms with Gasteiger partial charge in [0.1, 0.15) is 0 Å². The molecule has 0 fully saturated rings. The molecule has 2 aliphatic rings. The fourth-order valence-electron chi connectivity index (χ4n) is 5.17. The smallest absolute Gasteiger partial charge is 0.0487 e. The lowest BCUT2D eigenvalue weighted by Gasteiger charge is -2.43. The molecular formula is C22H24ClN3. The van der Waals surface area contributed by atoms with Crippen LogP contribution in [0, 0.1) is 6.92 Å². The van der Waals surface area contributed by atoms with E-state index in [0.29, 0.717) is 5.92 Å². The molecule has 4 heterocycles. The Morgan fingerprint density at radius 1 is 1.23 bits per heavy atom. The van der Waals surface area contributed by atoms with Crippen LogP contribution < -0.4 is 0 Å². The predicted octanol–water partition coefficient (Wildman–Crippen LogP) is 4.89. The molecule has 1 aromatic carbocycles. The molecule has 2 aliphatic heterocycles. The van der Waals surface area contributed by atoms with Crippen molar-refractivity contribution in [3.63, 3.8) is 0 Å². The van der Waals surface area contributed by atoms with E-state index in [1.807, 2.05) is 6.07 Å². The van der Waals surface area contributed by atoms with E-state index in [1.54, 1.807) is 0 Å². The van der Waals surface area contributed by atoms with Crippen LogP contribution in [0.15, 0.2) is 36.5 Å². The van der Waals surface area contributed by atoms with Gasteiger partial charge in [0.25, 0.3) is 0 Å². The van der Waals surface area contributed by atoms with Crippen molar-refractivity contribution in [2.75, 3.05) is 13.6 Å². The van der Waals surface area contributed by atoms with Gasteiger partial charge < -0.3 is 9.47 Å². The molecule has 0 saturated heterocycles. The zero-order valence-corrected chi connectivity index (χ0v) is 16.3. The van der Waals surface area contributed by atoms with Gasteiger partial charge in [-0.15, -0.1) is 0 Å². The minimum Gasteiger partial charge on any atom is -0.343 e. The van der Waals surface area contributed by atoms with E-state index < -0.39 is 0 Å². The number of hydrogen-bond donors (Lipinski definition) is 0. The SMILES string of the molecule is Cc1ccc(C2(C)CC3CN(C)Cc4c3n(c3ccc(Cl)cc43)C2)cn1. The van der Waals surface area contributed by atoms with Gasteiger partial charge in [0, 0.05) is 64.5 Å². The minimum absolute atomic E-state index is 0.0966. The Labute approximate surface area is 159 Å². The molecular weight excluding hydrogens is 342 g/mol. The number of rotatable bonds is 1. The van der Waals surface area contributed by atoms with Crippen molar-refractivity contribution < 1.29 is 0 Å². The molecule has 0 spiro atoms. The topological polar surface area (TPSA) is 21.1 Å². The van der Waals surface area contributed by atoms with Crippen LogP contribution in [0.2, 0.25) is 5.02 Å². The number of fused-ring (bicyclic) bond motifs is 3. The molecule has 2 unspecified atom stereocenters. The molecule has 26 heavy (non-hydrogen) atoms. The van der Waals surface area contributed by atoms with E-state index in [2.05, 4.69) is 65.8 Å². The van der Waals surface area contributed by atoms with Crippen molar-refractivity contribution in [2.24, 2.45) is 0 Å². The van der Waals surface area contributed by atoms with Gasteiger partial charge in [-0.2, -0.15) is 0 Å². The second-order valence-electron chi connectivity index (χ2n) is 8.46. The molecule has 0 amide bonds. The predicted molar refractivity (Wildman–Crippen MR) is 107 cm³/mol. The van der Waals surface area contributed by atoms with Crippen LogP contribution in [-0.4, -0.2) is 28.0 Å². The first-order valence-electron chi connectivity index (χ1n) is 9.37. The molecule has 2 aromatic heterocycles. The lowest BCUT2D eigenvalue weighted by molar-refractivity contribution is 0.209. The van der Waals surface area contributed by atoms with Gasteiger partial charge in [-0.25, -0.2) is 0 Å². The summed E-state index contributed by atoms with van der Waals surface area (Å²) in [6.45, 7) is 7.59.